The fourth-order valence-corrected chi connectivity index (χ4v) is 5.63. The van der Waals surface area contributed by atoms with E-state index >= 15 is 0 Å². The lowest BCUT2D eigenvalue weighted by Gasteiger charge is -2.37. The second kappa shape index (κ2) is 11.4. The van der Waals surface area contributed by atoms with Crippen LogP contribution in [0.5, 0.6) is 0 Å². The molecule has 0 bridgehead atoms. The highest BCUT2D eigenvalue weighted by Crippen LogP contribution is 2.50. The van der Waals surface area contributed by atoms with Crippen molar-refractivity contribution >= 4 is 5.78 Å². The first-order valence-corrected chi connectivity index (χ1v) is 12.1. The van der Waals surface area contributed by atoms with Crippen LogP contribution >= 0.6 is 0 Å². The zero-order valence-corrected chi connectivity index (χ0v) is 20.0. The molecule has 0 amide bonds. The molecule has 5 unspecified atom stereocenters. The number of rotatable bonds is 11. The molecular formula is C27H44O3. The van der Waals surface area contributed by atoms with Gasteiger partial charge < -0.3 is 9.84 Å². The molecule has 3 nitrogen and oxygen atoms in total. The quantitative estimate of drug-likeness (QED) is 0.388. The molecule has 1 fully saturated rings. The van der Waals surface area contributed by atoms with Crippen LogP contribution in [0.25, 0.3) is 0 Å². The van der Waals surface area contributed by atoms with Gasteiger partial charge in [-0.05, 0) is 82.6 Å². The molecule has 0 aromatic carbocycles. The van der Waals surface area contributed by atoms with Crippen molar-refractivity contribution < 1.29 is 14.6 Å². The van der Waals surface area contributed by atoms with Crippen molar-refractivity contribution in [2.75, 3.05) is 6.61 Å². The Balaban J connectivity index is 1.94. The third kappa shape index (κ3) is 6.40. The van der Waals surface area contributed by atoms with Crippen molar-refractivity contribution in [2.45, 2.75) is 105 Å². The van der Waals surface area contributed by atoms with Crippen LogP contribution in [0.3, 0.4) is 0 Å². The molecular weight excluding hydrogens is 372 g/mol. The minimum atomic E-state index is -0.247. The molecule has 0 saturated heterocycles. The molecule has 0 heterocycles. The molecule has 5 atom stereocenters. The molecule has 0 radical (unpaired) electrons. The molecule has 0 aliphatic heterocycles. The minimum absolute atomic E-state index is 0.0233. The number of aliphatic hydroxyl groups excluding tert-OH is 1. The van der Waals surface area contributed by atoms with Crippen molar-refractivity contribution in [3.63, 3.8) is 0 Å². The van der Waals surface area contributed by atoms with Crippen LogP contribution in [-0.4, -0.2) is 29.7 Å². The number of ether oxygens (including phenoxy) is 1. The van der Waals surface area contributed by atoms with Crippen molar-refractivity contribution in [1.82, 2.24) is 0 Å². The second-order valence-corrected chi connectivity index (χ2v) is 9.97. The van der Waals surface area contributed by atoms with E-state index < -0.39 is 0 Å². The van der Waals surface area contributed by atoms with Crippen LogP contribution in [0.1, 0.15) is 92.4 Å². The first kappa shape index (κ1) is 25.1. The highest BCUT2D eigenvalue weighted by atomic mass is 16.5. The lowest BCUT2D eigenvalue weighted by atomic mass is 9.70. The van der Waals surface area contributed by atoms with Gasteiger partial charge in [0, 0.05) is 11.8 Å². The molecule has 2 rings (SSSR count). The molecule has 1 saturated carbocycles. The van der Waals surface area contributed by atoms with Crippen LogP contribution in [0.15, 0.2) is 36.0 Å². The minimum Gasteiger partial charge on any atom is -0.393 e. The predicted molar refractivity (Wildman–Crippen MR) is 125 cm³/mol. The van der Waals surface area contributed by atoms with E-state index in [4.69, 9.17) is 4.74 Å². The summed E-state index contributed by atoms with van der Waals surface area (Å²) in [4.78, 5) is 12.0. The summed E-state index contributed by atoms with van der Waals surface area (Å²) in [5.41, 5.74) is 1.23. The van der Waals surface area contributed by atoms with E-state index in [2.05, 4.69) is 58.9 Å². The number of aliphatic hydroxyl groups is 1. The van der Waals surface area contributed by atoms with Crippen LogP contribution in [0, 0.1) is 16.7 Å². The summed E-state index contributed by atoms with van der Waals surface area (Å²) < 4.78 is 5.98. The Morgan fingerprint density at radius 1 is 1.30 bits per heavy atom. The van der Waals surface area contributed by atoms with Crippen molar-refractivity contribution in [3.05, 3.63) is 36.0 Å². The predicted octanol–water partition coefficient (Wildman–Crippen LogP) is 6.57. The number of ketones is 1. The average molecular weight is 417 g/mol. The smallest absolute Gasteiger partial charge is 0.155 e. The van der Waals surface area contributed by atoms with Crippen molar-refractivity contribution in [1.29, 1.82) is 0 Å². The molecule has 1 N–H and O–H groups in total. The first-order chi connectivity index (χ1) is 14.2. The Morgan fingerprint density at radius 2 is 2.07 bits per heavy atom. The van der Waals surface area contributed by atoms with Crippen LogP contribution in [0.2, 0.25) is 0 Å². The van der Waals surface area contributed by atoms with Crippen LogP contribution < -0.4 is 0 Å². The number of carbonyl (C=O) groups is 1. The Kier molecular flexibility index (Phi) is 9.56. The maximum absolute atomic E-state index is 12.0. The van der Waals surface area contributed by atoms with Crippen LogP contribution in [-0.2, 0) is 9.53 Å². The lowest BCUT2D eigenvalue weighted by Crippen LogP contribution is -2.36. The van der Waals surface area contributed by atoms with Gasteiger partial charge in [-0.1, -0.05) is 50.6 Å². The van der Waals surface area contributed by atoms with Crippen molar-refractivity contribution in [2.24, 2.45) is 16.7 Å². The van der Waals surface area contributed by atoms with E-state index in [1.807, 2.05) is 6.08 Å². The van der Waals surface area contributed by atoms with Gasteiger partial charge in [-0.15, -0.1) is 0 Å². The molecule has 2 aliphatic carbocycles. The van der Waals surface area contributed by atoms with E-state index in [9.17, 15) is 9.90 Å². The SMILES string of the molecule is C/C=C/C1(C)CCC(=O)C=C1CCCC1CCC(O)C1(C)CC(C)OC/C=C/CC. The molecule has 170 valence electrons. The Hall–Kier alpha value is -1.19. The third-order valence-electron chi connectivity index (χ3n) is 7.58. The summed E-state index contributed by atoms with van der Waals surface area (Å²) in [7, 11) is 0. The monoisotopic (exact) mass is 416 g/mol. The first-order valence-electron chi connectivity index (χ1n) is 12.1. The molecule has 0 spiro atoms. The largest absolute Gasteiger partial charge is 0.393 e. The fourth-order valence-electron chi connectivity index (χ4n) is 5.63. The van der Waals surface area contributed by atoms with E-state index in [0.717, 1.165) is 51.4 Å². The summed E-state index contributed by atoms with van der Waals surface area (Å²) in [6.45, 7) is 11.5. The number of carbonyl (C=O) groups excluding carboxylic acids is 1. The number of hydrogen-bond donors (Lipinski definition) is 1. The fraction of sp³-hybridized carbons (Fsp3) is 0.741. The summed E-state index contributed by atoms with van der Waals surface area (Å²) in [6, 6.07) is 0. The molecule has 2 aliphatic rings. The summed E-state index contributed by atoms with van der Waals surface area (Å²) >= 11 is 0. The Bertz CT molecular complexity index is 646. The van der Waals surface area contributed by atoms with Gasteiger partial charge in [0.25, 0.3) is 0 Å². The Labute approximate surface area is 184 Å². The summed E-state index contributed by atoms with van der Waals surface area (Å²) in [5, 5.41) is 10.8. The van der Waals surface area contributed by atoms with E-state index in [0.29, 0.717) is 18.9 Å². The molecule has 30 heavy (non-hydrogen) atoms. The van der Waals surface area contributed by atoms with Crippen LogP contribution in [0.4, 0.5) is 0 Å². The van der Waals surface area contributed by atoms with Gasteiger partial charge in [0.05, 0.1) is 18.8 Å². The zero-order valence-electron chi connectivity index (χ0n) is 20.0. The number of hydrogen-bond acceptors (Lipinski definition) is 3. The highest BCUT2D eigenvalue weighted by Gasteiger charge is 2.46. The molecule has 0 aromatic heterocycles. The maximum atomic E-state index is 12.0. The zero-order chi connectivity index (χ0) is 22.2. The van der Waals surface area contributed by atoms with Gasteiger partial charge in [0.2, 0.25) is 0 Å². The van der Waals surface area contributed by atoms with Crippen molar-refractivity contribution in [3.8, 4) is 0 Å². The van der Waals surface area contributed by atoms with Gasteiger partial charge in [-0.25, -0.2) is 0 Å². The lowest BCUT2D eigenvalue weighted by molar-refractivity contribution is -0.115. The van der Waals surface area contributed by atoms with Gasteiger partial charge in [0.15, 0.2) is 5.78 Å². The van der Waals surface area contributed by atoms with Gasteiger partial charge in [0.1, 0.15) is 0 Å². The maximum Gasteiger partial charge on any atom is 0.155 e. The highest BCUT2D eigenvalue weighted by molar-refractivity contribution is 5.91. The second-order valence-electron chi connectivity index (χ2n) is 9.97. The third-order valence-corrected chi connectivity index (χ3v) is 7.58. The number of allylic oxidation sites excluding steroid dienone is 5. The average Bonchev–Trinajstić information content (AvgIpc) is 2.96. The van der Waals surface area contributed by atoms with Gasteiger partial charge in [-0.2, -0.15) is 0 Å². The summed E-state index contributed by atoms with van der Waals surface area (Å²) in [5.74, 6) is 0.786. The van der Waals surface area contributed by atoms with E-state index in [-0.39, 0.29) is 28.8 Å². The summed E-state index contributed by atoms with van der Waals surface area (Å²) in [6.07, 6.45) is 19.0. The normalized spacial score (nSPS) is 33.5. The molecule has 3 heteroatoms. The van der Waals surface area contributed by atoms with Gasteiger partial charge >= 0.3 is 0 Å². The standard InChI is InChI=1S/C27H44O3/c1-6-8-9-18-30-21(3)20-27(5)22(13-14-25(27)29)11-10-12-23-19-24(28)15-17-26(23,4)16-7-2/h7-9,16,19,21-22,25,29H,6,10-15,17-18,20H2,1-5H3/b9-8+,16-7+. The van der Waals surface area contributed by atoms with E-state index in [1.165, 1.54) is 5.57 Å². The van der Waals surface area contributed by atoms with Gasteiger partial charge in [-0.3, -0.25) is 4.79 Å². The Morgan fingerprint density at radius 3 is 2.77 bits per heavy atom. The van der Waals surface area contributed by atoms with E-state index in [1.54, 1.807) is 0 Å². The topological polar surface area (TPSA) is 46.5 Å². The molecule has 0 aromatic rings.